The van der Waals surface area contributed by atoms with E-state index in [9.17, 15) is 0 Å². The second-order valence-corrected chi connectivity index (χ2v) is 7.33. The van der Waals surface area contributed by atoms with Gasteiger partial charge in [-0.3, -0.25) is 0 Å². The molecule has 32 heavy (non-hydrogen) atoms. The lowest BCUT2D eigenvalue weighted by molar-refractivity contribution is 0.0316. The van der Waals surface area contributed by atoms with Crippen molar-refractivity contribution in [1.82, 2.24) is 30.0 Å². The van der Waals surface area contributed by atoms with Gasteiger partial charge in [0.2, 0.25) is 0 Å². The van der Waals surface area contributed by atoms with Crippen LogP contribution in [0.3, 0.4) is 0 Å². The summed E-state index contributed by atoms with van der Waals surface area (Å²) in [6, 6.07) is 23.9. The molecule has 0 aliphatic rings. The van der Waals surface area contributed by atoms with Crippen molar-refractivity contribution in [1.29, 1.82) is 0 Å². The predicted molar refractivity (Wildman–Crippen MR) is 121 cm³/mol. The molecule has 2 heterocycles. The fourth-order valence-corrected chi connectivity index (χ4v) is 3.88. The Kier molecular flexibility index (Phi) is 5.62. The molecule has 0 fully saturated rings. The maximum Gasteiger partial charge on any atom is 0.178 e. The standard InChI is InChI=1S/C24H24N6O2/c1-3-31-23(29-21-11-7-5-9-19(21)25-27-29)17-13-15-18(16-14-17)24(32-4-2)30-22-12-8-6-10-20(22)26-28-30/h5-16,23-24H,3-4H2,1-2H3. The van der Waals surface area contributed by atoms with E-state index < -0.39 is 0 Å². The lowest BCUT2D eigenvalue weighted by atomic mass is 10.1. The van der Waals surface area contributed by atoms with E-state index in [0.717, 1.165) is 33.2 Å². The molecule has 0 aliphatic carbocycles. The summed E-state index contributed by atoms with van der Waals surface area (Å²) in [6.07, 6.45) is -0.751. The van der Waals surface area contributed by atoms with Crippen LogP contribution in [0.2, 0.25) is 0 Å². The van der Waals surface area contributed by atoms with Crippen LogP contribution in [-0.4, -0.2) is 43.2 Å². The van der Waals surface area contributed by atoms with Crippen molar-refractivity contribution in [2.24, 2.45) is 0 Å². The summed E-state index contributed by atoms with van der Waals surface area (Å²) in [5.41, 5.74) is 5.48. The van der Waals surface area contributed by atoms with Crippen LogP contribution in [-0.2, 0) is 9.47 Å². The van der Waals surface area contributed by atoms with Crippen LogP contribution in [0.25, 0.3) is 22.1 Å². The first-order valence-electron chi connectivity index (χ1n) is 10.7. The summed E-state index contributed by atoms with van der Waals surface area (Å²) in [5, 5.41) is 17.2. The third-order valence-corrected chi connectivity index (χ3v) is 5.35. The van der Waals surface area contributed by atoms with Crippen molar-refractivity contribution in [2.45, 2.75) is 26.3 Å². The molecule has 162 valence electrons. The summed E-state index contributed by atoms with van der Waals surface area (Å²) >= 11 is 0. The van der Waals surface area contributed by atoms with Gasteiger partial charge in [-0.15, -0.1) is 10.2 Å². The van der Waals surface area contributed by atoms with Crippen LogP contribution >= 0.6 is 0 Å². The second-order valence-electron chi connectivity index (χ2n) is 7.33. The van der Waals surface area contributed by atoms with Crippen molar-refractivity contribution in [3.05, 3.63) is 83.9 Å². The van der Waals surface area contributed by atoms with E-state index in [1.54, 1.807) is 0 Å². The summed E-state index contributed by atoms with van der Waals surface area (Å²) in [5.74, 6) is 0. The van der Waals surface area contributed by atoms with Crippen LogP contribution in [0.15, 0.2) is 72.8 Å². The van der Waals surface area contributed by atoms with Gasteiger partial charge in [-0.05, 0) is 38.1 Å². The molecule has 0 amide bonds. The number of hydrogen-bond donors (Lipinski definition) is 0. The molecular formula is C24H24N6O2. The van der Waals surface area contributed by atoms with Crippen molar-refractivity contribution < 1.29 is 9.47 Å². The Morgan fingerprint density at radius 2 is 1.03 bits per heavy atom. The number of fused-ring (bicyclic) bond motifs is 2. The Bertz CT molecular complexity index is 1220. The molecule has 8 heteroatoms. The van der Waals surface area contributed by atoms with Gasteiger partial charge >= 0.3 is 0 Å². The highest BCUT2D eigenvalue weighted by Crippen LogP contribution is 2.28. The topological polar surface area (TPSA) is 79.9 Å². The Labute approximate surface area is 185 Å². The van der Waals surface area contributed by atoms with Crippen molar-refractivity contribution >= 4 is 22.1 Å². The summed E-state index contributed by atoms with van der Waals surface area (Å²) in [4.78, 5) is 0. The highest BCUT2D eigenvalue weighted by Gasteiger charge is 2.21. The maximum atomic E-state index is 6.06. The van der Waals surface area contributed by atoms with Crippen molar-refractivity contribution in [2.75, 3.05) is 13.2 Å². The third-order valence-electron chi connectivity index (χ3n) is 5.35. The average Bonchev–Trinajstić information content (AvgIpc) is 3.46. The lowest BCUT2D eigenvalue weighted by Crippen LogP contribution is -2.18. The van der Waals surface area contributed by atoms with Gasteiger partial charge in [0.15, 0.2) is 12.5 Å². The lowest BCUT2D eigenvalue weighted by Gasteiger charge is -2.21. The fraction of sp³-hybridized carbons (Fsp3) is 0.250. The molecule has 0 aliphatic heterocycles. The normalized spacial score (nSPS) is 13.6. The van der Waals surface area contributed by atoms with Gasteiger partial charge < -0.3 is 9.47 Å². The smallest absolute Gasteiger partial charge is 0.178 e. The van der Waals surface area contributed by atoms with Gasteiger partial charge in [-0.1, -0.05) is 59.0 Å². The zero-order valence-electron chi connectivity index (χ0n) is 18.0. The molecule has 0 N–H and O–H groups in total. The first-order chi connectivity index (χ1) is 15.8. The van der Waals surface area contributed by atoms with E-state index in [0.29, 0.717) is 13.2 Å². The van der Waals surface area contributed by atoms with Gasteiger partial charge in [0.1, 0.15) is 11.0 Å². The molecule has 2 aromatic heterocycles. The van der Waals surface area contributed by atoms with E-state index in [2.05, 4.69) is 20.6 Å². The minimum Gasteiger partial charge on any atom is -0.352 e. The van der Waals surface area contributed by atoms with E-state index in [-0.39, 0.29) is 12.5 Å². The summed E-state index contributed by atoms with van der Waals surface area (Å²) in [7, 11) is 0. The van der Waals surface area contributed by atoms with Gasteiger partial charge in [0.05, 0.1) is 11.0 Å². The molecule has 5 rings (SSSR count). The molecule has 2 unspecified atom stereocenters. The van der Waals surface area contributed by atoms with Crippen LogP contribution < -0.4 is 0 Å². The van der Waals surface area contributed by atoms with Crippen LogP contribution in [0, 0.1) is 0 Å². The van der Waals surface area contributed by atoms with E-state index >= 15 is 0 Å². The Morgan fingerprint density at radius 3 is 1.44 bits per heavy atom. The van der Waals surface area contributed by atoms with Crippen molar-refractivity contribution in [3.63, 3.8) is 0 Å². The first kappa shape index (κ1) is 20.3. The number of nitrogens with zero attached hydrogens (tertiary/aromatic N) is 6. The third kappa shape index (κ3) is 3.63. The van der Waals surface area contributed by atoms with E-state index in [1.165, 1.54) is 0 Å². The number of benzene rings is 3. The van der Waals surface area contributed by atoms with Gasteiger partial charge in [0, 0.05) is 24.3 Å². The average molecular weight is 428 g/mol. The molecule has 0 saturated heterocycles. The zero-order valence-corrected chi connectivity index (χ0v) is 18.0. The van der Waals surface area contributed by atoms with Gasteiger partial charge in [-0.2, -0.15) is 0 Å². The van der Waals surface area contributed by atoms with Crippen LogP contribution in [0.5, 0.6) is 0 Å². The maximum absolute atomic E-state index is 6.06. The van der Waals surface area contributed by atoms with Crippen LogP contribution in [0.1, 0.15) is 37.4 Å². The zero-order chi connectivity index (χ0) is 21.9. The monoisotopic (exact) mass is 428 g/mol. The molecule has 5 aromatic rings. The summed E-state index contributed by atoms with van der Waals surface area (Å²) in [6.45, 7) is 5.04. The number of ether oxygens (including phenoxy) is 2. The van der Waals surface area contributed by atoms with Gasteiger partial charge in [0.25, 0.3) is 0 Å². The SMILES string of the molecule is CCOC(c1ccc(C(OCC)n2nnc3ccccc32)cc1)n1nnc2ccccc21. The highest BCUT2D eigenvalue weighted by atomic mass is 16.5. The van der Waals surface area contributed by atoms with Crippen molar-refractivity contribution in [3.8, 4) is 0 Å². The molecule has 0 radical (unpaired) electrons. The predicted octanol–water partition coefficient (Wildman–Crippen LogP) is 4.34. The number of aromatic nitrogens is 6. The Hall–Kier alpha value is -3.62. The number of hydrogen-bond acceptors (Lipinski definition) is 6. The minimum absolute atomic E-state index is 0.376. The fourth-order valence-electron chi connectivity index (χ4n) is 3.88. The largest absolute Gasteiger partial charge is 0.352 e. The van der Waals surface area contributed by atoms with E-state index in [4.69, 9.17) is 9.47 Å². The number of para-hydroxylation sites is 2. The quantitative estimate of drug-likeness (QED) is 0.366. The van der Waals surface area contributed by atoms with E-state index in [1.807, 2.05) is 96.0 Å². The Morgan fingerprint density at radius 1 is 0.625 bits per heavy atom. The number of rotatable bonds is 8. The minimum atomic E-state index is -0.376. The molecule has 3 aromatic carbocycles. The summed E-state index contributed by atoms with van der Waals surface area (Å²) < 4.78 is 15.8. The molecule has 8 nitrogen and oxygen atoms in total. The Balaban J connectivity index is 1.51. The highest BCUT2D eigenvalue weighted by molar-refractivity contribution is 5.74. The molecule has 0 spiro atoms. The van der Waals surface area contributed by atoms with Gasteiger partial charge in [-0.25, -0.2) is 9.36 Å². The molecule has 0 saturated carbocycles. The van der Waals surface area contributed by atoms with Crippen LogP contribution in [0.4, 0.5) is 0 Å². The molecule has 0 bridgehead atoms. The molecule has 2 atom stereocenters. The molecular weight excluding hydrogens is 404 g/mol. The second kappa shape index (κ2) is 8.86. The first-order valence-corrected chi connectivity index (χ1v) is 10.7.